The minimum absolute atomic E-state index is 0.160. The van der Waals surface area contributed by atoms with Crippen LogP contribution in [0, 0.1) is 0 Å². The third kappa shape index (κ3) is 3.34. The molecule has 0 aromatic carbocycles. The highest BCUT2D eigenvalue weighted by molar-refractivity contribution is 5.73. The lowest BCUT2D eigenvalue weighted by Crippen LogP contribution is -2.52. The first kappa shape index (κ1) is 15.1. The minimum atomic E-state index is 0.160. The van der Waals surface area contributed by atoms with Crippen molar-refractivity contribution in [3.63, 3.8) is 0 Å². The van der Waals surface area contributed by atoms with E-state index in [1.165, 1.54) is 38.8 Å². The van der Waals surface area contributed by atoms with Gasteiger partial charge in [-0.05, 0) is 38.6 Å². The van der Waals surface area contributed by atoms with Gasteiger partial charge in [-0.1, -0.05) is 6.42 Å². The molecule has 3 heterocycles. The second-order valence-electron chi connectivity index (χ2n) is 7.10. The number of rotatable bonds is 2. The summed E-state index contributed by atoms with van der Waals surface area (Å²) >= 11 is 0. The van der Waals surface area contributed by atoms with Gasteiger partial charge in [-0.3, -0.25) is 4.90 Å². The van der Waals surface area contributed by atoms with Crippen LogP contribution in [0.25, 0.3) is 0 Å². The van der Waals surface area contributed by atoms with Gasteiger partial charge in [0, 0.05) is 51.9 Å². The van der Waals surface area contributed by atoms with Crippen LogP contribution in [-0.2, 0) is 0 Å². The molecule has 3 fully saturated rings. The number of fused-ring (bicyclic) bond motifs is 1. The summed E-state index contributed by atoms with van der Waals surface area (Å²) in [6.45, 7) is 4.38. The number of carbonyl (C=O) groups excluding carboxylic acids is 1. The van der Waals surface area contributed by atoms with Crippen LogP contribution in [0.15, 0.2) is 0 Å². The number of piperidine rings is 2. The standard InChI is InChI=1S/C16H30N4O/c1-18(2)16(21)20-10-6-13(7-11-20)17-14-8-12-19-9-4-3-5-15(14)19/h13-15,17H,3-12H2,1-2H3. The molecule has 21 heavy (non-hydrogen) atoms. The second kappa shape index (κ2) is 6.53. The summed E-state index contributed by atoms with van der Waals surface area (Å²) in [4.78, 5) is 18.3. The summed E-state index contributed by atoms with van der Waals surface area (Å²) in [5.41, 5.74) is 0. The second-order valence-corrected chi connectivity index (χ2v) is 7.10. The fourth-order valence-corrected chi connectivity index (χ4v) is 4.26. The van der Waals surface area contributed by atoms with E-state index in [4.69, 9.17) is 0 Å². The van der Waals surface area contributed by atoms with E-state index in [0.717, 1.165) is 32.0 Å². The van der Waals surface area contributed by atoms with E-state index in [-0.39, 0.29) is 6.03 Å². The summed E-state index contributed by atoms with van der Waals surface area (Å²) in [5, 5.41) is 3.91. The lowest BCUT2D eigenvalue weighted by atomic mass is 9.96. The molecule has 1 N–H and O–H groups in total. The Kier molecular flexibility index (Phi) is 4.69. The molecule has 5 heteroatoms. The smallest absolute Gasteiger partial charge is 0.319 e. The van der Waals surface area contributed by atoms with Crippen molar-refractivity contribution in [2.75, 3.05) is 40.3 Å². The van der Waals surface area contributed by atoms with Crippen molar-refractivity contribution in [1.29, 1.82) is 0 Å². The molecule has 2 unspecified atom stereocenters. The molecular weight excluding hydrogens is 264 g/mol. The van der Waals surface area contributed by atoms with Crippen LogP contribution in [0.2, 0.25) is 0 Å². The molecule has 0 aromatic heterocycles. The van der Waals surface area contributed by atoms with Gasteiger partial charge in [-0.2, -0.15) is 0 Å². The highest BCUT2D eigenvalue weighted by Gasteiger charge is 2.36. The molecule has 120 valence electrons. The van der Waals surface area contributed by atoms with Crippen LogP contribution in [0.4, 0.5) is 4.79 Å². The third-order valence-corrected chi connectivity index (χ3v) is 5.45. The Bertz CT molecular complexity index is 365. The maximum Gasteiger partial charge on any atom is 0.319 e. The van der Waals surface area contributed by atoms with Crippen LogP contribution < -0.4 is 5.32 Å². The van der Waals surface area contributed by atoms with Gasteiger partial charge in [0.15, 0.2) is 0 Å². The lowest BCUT2D eigenvalue weighted by molar-refractivity contribution is 0.143. The maximum absolute atomic E-state index is 12.0. The molecule has 2 amide bonds. The lowest BCUT2D eigenvalue weighted by Gasteiger charge is -2.38. The molecule has 3 saturated heterocycles. The van der Waals surface area contributed by atoms with E-state index in [1.807, 2.05) is 19.0 Å². The van der Waals surface area contributed by atoms with E-state index in [1.54, 1.807) is 4.90 Å². The molecule has 3 rings (SSSR count). The Labute approximate surface area is 128 Å². The molecule has 5 nitrogen and oxygen atoms in total. The summed E-state index contributed by atoms with van der Waals surface area (Å²) in [6, 6.07) is 2.22. The first-order chi connectivity index (χ1) is 10.1. The van der Waals surface area contributed by atoms with Crippen LogP contribution in [-0.4, -0.2) is 79.1 Å². The van der Waals surface area contributed by atoms with Crippen molar-refractivity contribution in [2.45, 2.75) is 56.7 Å². The SMILES string of the molecule is CN(C)C(=O)N1CCC(NC2CCN3CCCCC23)CC1. The Hall–Kier alpha value is -0.810. The number of amides is 2. The molecule has 0 aromatic rings. The fourth-order valence-electron chi connectivity index (χ4n) is 4.26. The number of hydrogen-bond acceptors (Lipinski definition) is 3. The number of hydrogen-bond donors (Lipinski definition) is 1. The van der Waals surface area contributed by atoms with Gasteiger partial charge in [0.2, 0.25) is 0 Å². The summed E-state index contributed by atoms with van der Waals surface area (Å²) in [5.74, 6) is 0. The largest absolute Gasteiger partial charge is 0.331 e. The zero-order valence-corrected chi connectivity index (χ0v) is 13.6. The van der Waals surface area contributed by atoms with Gasteiger partial charge in [-0.15, -0.1) is 0 Å². The quantitative estimate of drug-likeness (QED) is 0.835. The summed E-state index contributed by atoms with van der Waals surface area (Å²) in [7, 11) is 3.67. The van der Waals surface area contributed by atoms with Crippen molar-refractivity contribution in [2.24, 2.45) is 0 Å². The molecule has 2 atom stereocenters. The van der Waals surface area contributed by atoms with E-state index in [2.05, 4.69) is 10.2 Å². The zero-order valence-electron chi connectivity index (χ0n) is 13.6. The Balaban J connectivity index is 1.46. The van der Waals surface area contributed by atoms with E-state index >= 15 is 0 Å². The van der Waals surface area contributed by atoms with Crippen LogP contribution in [0.3, 0.4) is 0 Å². The van der Waals surface area contributed by atoms with Gasteiger partial charge in [-0.25, -0.2) is 4.79 Å². The van der Waals surface area contributed by atoms with Gasteiger partial charge in [0.05, 0.1) is 0 Å². The predicted molar refractivity (Wildman–Crippen MR) is 84.4 cm³/mol. The number of nitrogens with zero attached hydrogens (tertiary/aromatic N) is 3. The molecule has 0 aliphatic carbocycles. The zero-order chi connectivity index (χ0) is 14.8. The fraction of sp³-hybridized carbons (Fsp3) is 0.938. The van der Waals surface area contributed by atoms with E-state index < -0.39 is 0 Å². The van der Waals surface area contributed by atoms with Crippen LogP contribution in [0.5, 0.6) is 0 Å². The van der Waals surface area contributed by atoms with Crippen molar-refractivity contribution >= 4 is 6.03 Å². The van der Waals surface area contributed by atoms with Gasteiger partial charge in [0.1, 0.15) is 0 Å². The molecule has 0 bridgehead atoms. The average Bonchev–Trinajstić information content (AvgIpc) is 2.91. The molecule has 3 aliphatic heterocycles. The van der Waals surface area contributed by atoms with E-state index in [0.29, 0.717) is 12.1 Å². The number of carbonyl (C=O) groups is 1. The molecule has 0 saturated carbocycles. The average molecular weight is 294 g/mol. The third-order valence-electron chi connectivity index (χ3n) is 5.45. The summed E-state index contributed by atoms with van der Waals surface area (Å²) in [6.07, 6.45) is 7.66. The number of urea groups is 1. The maximum atomic E-state index is 12.0. The van der Waals surface area contributed by atoms with Crippen molar-refractivity contribution in [3.8, 4) is 0 Å². The molecule has 0 spiro atoms. The van der Waals surface area contributed by atoms with Crippen LogP contribution >= 0.6 is 0 Å². The van der Waals surface area contributed by atoms with Gasteiger partial charge in [0.25, 0.3) is 0 Å². The highest BCUT2D eigenvalue weighted by Crippen LogP contribution is 2.28. The Morgan fingerprint density at radius 1 is 1.00 bits per heavy atom. The molecule has 3 aliphatic rings. The van der Waals surface area contributed by atoms with Crippen LogP contribution in [0.1, 0.15) is 38.5 Å². The number of likely N-dealkylation sites (tertiary alicyclic amines) is 1. The predicted octanol–water partition coefficient (Wildman–Crippen LogP) is 1.35. The van der Waals surface area contributed by atoms with Gasteiger partial charge >= 0.3 is 6.03 Å². The first-order valence-corrected chi connectivity index (χ1v) is 8.61. The number of nitrogens with one attached hydrogen (secondary N) is 1. The monoisotopic (exact) mass is 294 g/mol. The molecule has 0 radical (unpaired) electrons. The highest BCUT2D eigenvalue weighted by atomic mass is 16.2. The Morgan fingerprint density at radius 2 is 1.76 bits per heavy atom. The van der Waals surface area contributed by atoms with Crippen molar-refractivity contribution < 1.29 is 4.79 Å². The Morgan fingerprint density at radius 3 is 2.48 bits per heavy atom. The molecular formula is C16H30N4O. The minimum Gasteiger partial charge on any atom is -0.331 e. The topological polar surface area (TPSA) is 38.8 Å². The normalized spacial score (nSPS) is 31.2. The van der Waals surface area contributed by atoms with Crippen molar-refractivity contribution in [3.05, 3.63) is 0 Å². The summed E-state index contributed by atoms with van der Waals surface area (Å²) < 4.78 is 0. The first-order valence-electron chi connectivity index (χ1n) is 8.61. The van der Waals surface area contributed by atoms with Crippen molar-refractivity contribution in [1.82, 2.24) is 20.0 Å². The van der Waals surface area contributed by atoms with Gasteiger partial charge < -0.3 is 15.1 Å². The van der Waals surface area contributed by atoms with E-state index in [9.17, 15) is 4.79 Å².